The molecule has 7 nitrogen and oxygen atoms in total. The molecule has 7 heteroatoms. The average Bonchev–Trinajstić information content (AvgIpc) is 3.30. The molecule has 32 heavy (non-hydrogen) atoms. The monoisotopic (exact) mass is 421 g/mol. The van der Waals surface area contributed by atoms with E-state index in [0.717, 1.165) is 22.0 Å². The Morgan fingerprint density at radius 3 is 2.56 bits per heavy atom. The van der Waals surface area contributed by atoms with E-state index in [1.807, 2.05) is 37.3 Å². The van der Waals surface area contributed by atoms with Crippen molar-refractivity contribution in [2.24, 2.45) is 0 Å². The smallest absolute Gasteiger partial charge is 0.256 e. The van der Waals surface area contributed by atoms with Gasteiger partial charge < -0.3 is 15.6 Å². The van der Waals surface area contributed by atoms with Gasteiger partial charge in [0.25, 0.3) is 11.8 Å². The van der Waals surface area contributed by atoms with Crippen LogP contribution in [0.3, 0.4) is 0 Å². The summed E-state index contributed by atoms with van der Waals surface area (Å²) < 4.78 is 0. The van der Waals surface area contributed by atoms with Gasteiger partial charge in [-0.3, -0.25) is 19.6 Å². The van der Waals surface area contributed by atoms with Crippen molar-refractivity contribution in [1.82, 2.24) is 15.0 Å². The second-order valence-corrected chi connectivity index (χ2v) is 7.44. The van der Waals surface area contributed by atoms with Crippen molar-refractivity contribution in [2.75, 3.05) is 10.6 Å². The lowest BCUT2D eigenvalue weighted by atomic mass is 10.1. The third-order valence-electron chi connectivity index (χ3n) is 5.31. The number of carbonyl (C=O) groups is 2. The molecule has 0 atom stereocenters. The number of amides is 2. The van der Waals surface area contributed by atoms with Crippen LogP contribution in [0.4, 0.5) is 11.4 Å². The lowest BCUT2D eigenvalue weighted by Crippen LogP contribution is -2.15. The number of rotatable bonds is 4. The summed E-state index contributed by atoms with van der Waals surface area (Å²) in [5, 5.41) is 6.70. The molecule has 0 saturated heterocycles. The molecule has 5 rings (SSSR count). The number of carbonyl (C=O) groups excluding carboxylic acids is 2. The number of fused-ring (bicyclic) bond motifs is 2. The molecule has 0 fully saturated rings. The summed E-state index contributed by atoms with van der Waals surface area (Å²) in [4.78, 5) is 37.3. The number of nitrogens with one attached hydrogen (secondary N) is 3. The zero-order valence-electron chi connectivity index (χ0n) is 17.2. The molecule has 0 aliphatic carbocycles. The van der Waals surface area contributed by atoms with Crippen LogP contribution < -0.4 is 10.6 Å². The third kappa shape index (κ3) is 3.67. The van der Waals surface area contributed by atoms with Crippen molar-refractivity contribution < 1.29 is 9.59 Å². The fourth-order valence-electron chi connectivity index (χ4n) is 3.62. The first-order chi connectivity index (χ1) is 15.6. The normalized spacial score (nSPS) is 10.9. The largest absolute Gasteiger partial charge is 0.361 e. The Morgan fingerprint density at radius 2 is 1.69 bits per heavy atom. The lowest BCUT2D eigenvalue weighted by Gasteiger charge is -2.12. The zero-order valence-corrected chi connectivity index (χ0v) is 17.2. The van der Waals surface area contributed by atoms with E-state index in [1.54, 1.807) is 48.9 Å². The van der Waals surface area contributed by atoms with E-state index in [4.69, 9.17) is 0 Å². The Kier molecular flexibility index (Phi) is 4.84. The van der Waals surface area contributed by atoms with Crippen molar-refractivity contribution in [3.05, 3.63) is 95.9 Å². The van der Waals surface area contributed by atoms with Crippen molar-refractivity contribution in [2.45, 2.75) is 6.92 Å². The van der Waals surface area contributed by atoms with Gasteiger partial charge in [-0.15, -0.1) is 0 Å². The van der Waals surface area contributed by atoms with E-state index in [-0.39, 0.29) is 11.8 Å². The summed E-state index contributed by atoms with van der Waals surface area (Å²) in [6, 6.07) is 18.0. The summed E-state index contributed by atoms with van der Waals surface area (Å²) >= 11 is 0. The second kappa shape index (κ2) is 7.96. The first-order valence-corrected chi connectivity index (χ1v) is 10.1. The molecular formula is C25H19N5O2. The van der Waals surface area contributed by atoms with Gasteiger partial charge in [0.15, 0.2) is 0 Å². The highest BCUT2D eigenvalue weighted by Crippen LogP contribution is 2.24. The highest BCUT2D eigenvalue weighted by atomic mass is 16.2. The van der Waals surface area contributed by atoms with E-state index in [9.17, 15) is 9.59 Å². The molecule has 0 aliphatic rings. The van der Waals surface area contributed by atoms with E-state index >= 15 is 0 Å². The van der Waals surface area contributed by atoms with Gasteiger partial charge >= 0.3 is 0 Å². The lowest BCUT2D eigenvalue weighted by molar-refractivity contribution is 0.102. The number of anilines is 2. The van der Waals surface area contributed by atoms with Crippen LogP contribution >= 0.6 is 0 Å². The molecular weight excluding hydrogens is 402 g/mol. The fraction of sp³-hybridized carbons (Fsp3) is 0.0400. The maximum atomic E-state index is 12.9. The standard InChI is InChI=1S/C25H19N5O2/c1-15-5-7-17(29-25(32)19-3-2-4-20-18(19)9-10-26-20)14-22(15)30-24(31)16-6-8-21-23(13-16)28-12-11-27-21/h2-14,26H,1H3,(H,29,32)(H,30,31). The predicted molar refractivity (Wildman–Crippen MR) is 125 cm³/mol. The van der Waals surface area contributed by atoms with Gasteiger partial charge in [-0.05, 0) is 61.0 Å². The number of hydrogen-bond acceptors (Lipinski definition) is 4. The summed E-state index contributed by atoms with van der Waals surface area (Å²) in [6.07, 6.45) is 5.01. The molecule has 3 aromatic carbocycles. The van der Waals surface area contributed by atoms with Crippen LogP contribution in [0.5, 0.6) is 0 Å². The van der Waals surface area contributed by atoms with Gasteiger partial charge in [0.1, 0.15) is 0 Å². The Labute approximate surface area is 183 Å². The van der Waals surface area contributed by atoms with Gasteiger partial charge in [0, 0.05) is 52.0 Å². The summed E-state index contributed by atoms with van der Waals surface area (Å²) in [6.45, 7) is 1.90. The van der Waals surface area contributed by atoms with E-state index in [1.165, 1.54) is 0 Å². The molecule has 156 valence electrons. The van der Waals surface area contributed by atoms with E-state index < -0.39 is 0 Å². The molecule has 0 spiro atoms. The summed E-state index contributed by atoms with van der Waals surface area (Å²) in [7, 11) is 0. The van der Waals surface area contributed by atoms with Crippen LogP contribution in [0.25, 0.3) is 21.9 Å². The fourth-order valence-corrected chi connectivity index (χ4v) is 3.62. The van der Waals surface area contributed by atoms with E-state index in [0.29, 0.717) is 28.0 Å². The van der Waals surface area contributed by atoms with Gasteiger partial charge in [-0.1, -0.05) is 12.1 Å². The van der Waals surface area contributed by atoms with E-state index in [2.05, 4.69) is 25.6 Å². The molecule has 2 aromatic heterocycles. The van der Waals surface area contributed by atoms with Crippen molar-refractivity contribution in [3.8, 4) is 0 Å². The van der Waals surface area contributed by atoms with Gasteiger partial charge in [0.05, 0.1) is 11.0 Å². The number of benzene rings is 3. The molecule has 2 heterocycles. The number of aromatic nitrogens is 3. The van der Waals surface area contributed by atoms with Crippen LogP contribution in [0.1, 0.15) is 26.3 Å². The molecule has 0 unspecified atom stereocenters. The number of aryl methyl sites for hydroxylation is 1. The average molecular weight is 421 g/mol. The summed E-state index contributed by atoms with van der Waals surface area (Å²) in [5.41, 5.74) is 5.41. The van der Waals surface area contributed by atoms with Crippen LogP contribution in [-0.2, 0) is 0 Å². The predicted octanol–water partition coefficient (Wildman–Crippen LogP) is 4.92. The Bertz CT molecular complexity index is 1490. The highest BCUT2D eigenvalue weighted by Gasteiger charge is 2.13. The Morgan fingerprint density at radius 1 is 0.844 bits per heavy atom. The molecule has 0 radical (unpaired) electrons. The topological polar surface area (TPSA) is 99.8 Å². The zero-order chi connectivity index (χ0) is 22.1. The number of nitrogens with zero attached hydrogens (tertiary/aromatic N) is 2. The highest BCUT2D eigenvalue weighted by molar-refractivity contribution is 6.13. The minimum Gasteiger partial charge on any atom is -0.361 e. The van der Waals surface area contributed by atoms with Crippen LogP contribution in [0, 0.1) is 6.92 Å². The minimum atomic E-state index is -0.263. The van der Waals surface area contributed by atoms with Crippen molar-refractivity contribution in [3.63, 3.8) is 0 Å². The number of hydrogen-bond donors (Lipinski definition) is 3. The van der Waals surface area contributed by atoms with Crippen molar-refractivity contribution in [1.29, 1.82) is 0 Å². The van der Waals surface area contributed by atoms with Crippen LogP contribution in [0.15, 0.2) is 79.3 Å². The maximum absolute atomic E-state index is 12.9. The SMILES string of the molecule is Cc1ccc(NC(=O)c2cccc3[nH]ccc23)cc1NC(=O)c1ccc2nccnc2c1. The molecule has 2 amide bonds. The maximum Gasteiger partial charge on any atom is 0.256 e. The quantitative estimate of drug-likeness (QED) is 0.383. The second-order valence-electron chi connectivity index (χ2n) is 7.44. The molecule has 3 N–H and O–H groups in total. The van der Waals surface area contributed by atoms with Gasteiger partial charge in [0.2, 0.25) is 0 Å². The summed E-state index contributed by atoms with van der Waals surface area (Å²) in [5.74, 6) is -0.481. The molecule has 5 aromatic rings. The first kappa shape index (κ1) is 19.4. The van der Waals surface area contributed by atoms with Gasteiger partial charge in [-0.2, -0.15) is 0 Å². The number of aromatic amines is 1. The molecule has 0 aliphatic heterocycles. The minimum absolute atomic E-state index is 0.218. The molecule has 0 saturated carbocycles. The first-order valence-electron chi connectivity index (χ1n) is 10.1. The van der Waals surface area contributed by atoms with Crippen molar-refractivity contribution >= 4 is 45.1 Å². The van der Waals surface area contributed by atoms with Crippen LogP contribution in [0.2, 0.25) is 0 Å². The Hall–Kier alpha value is -4.52. The Balaban J connectivity index is 1.38. The molecule has 0 bridgehead atoms. The third-order valence-corrected chi connectivity index (χ3v) is 5.31. The number of H-pyrrole nitrogens is 1. The van der Waals surface area contributed by atoms with Crippen LogP contribution in [-0.4, -0.2) is 26.8 Å². The van der Waals surface area contributed by atoms with Gasteiger partial charge in [-0.25, -0.2) is 0 Å².